The zero-order valence-corrected chi connectivity index (χ0v) is 13.5. The number of benzene rings is 1. The summed E-state index contributed by atoms with van der Waals surface area (Å²) >= 11 is 0. The Balaban J connectivity index is 1.73. The average Bonchev–Trinajstić information content (AvgIpc) is 2.61. The first-order valence-corrected chi connectivity index (χ1v) is 7.98. The monoisotopic (exact) mass is 331 g/mol. The number of hydrogen-bond acceptors (Lipinski definition) is 5. The van der Waals surface area contributed by atoms with Gasteiger partial charge in [-0.2, -0.15) is 5.26 Å². The number of nitrogens with zero attached hydrogens (tertiary/aromatic N) is 2. The molecule has 6 nitrogen and oxygen atoms in total. The second kappa shape index (κ2) is 9.65. The lowest BCUT2D eigenvalue weighted by molar-refractivity contribution is -0.117. The van der Waals surface area contributed by atoms with Gasteiger partial charge in [-0.3, -0.25) is 9.69 Å². The molecule has 0 saturated carbocycles. The van der Waals surface area contributed by atoms with E-state index in [0.717, 1.165) is 38.3 Å². The van der Waals surface area contributed by atoms with Gasteiger partial charge in [-0.25, -0.2) is 4.39 Å². The Hall–Kier alpha value is -2.43. The minimum atomic E-state index is -0.390. The Bertz CT molecular complexity index is 602. The molecule has 0 atom stereocenters. The SMILES string of the molecule is N#C/C(=C/NCc1ccc(F)cc1)C(=O)NCCN1CCNCC1. The van der Waals surface area contributed by atoms with Crippen molar-refractivity contribution >= 4 is 5.91 Å². The molecule has 1 aromatic rings. The number of piperazine rings is 1. The van der Waals surface area contributed by atoms with Crippen molar-refractivity contribution in [2.24, 2.45) is 0 Å². The van der Waals surface area contributed by atoms with Gasteiger partial charge in [-0.15, -0.1) is 0 Å². The van der Waals surface area contributed by atoms with Crippen LogP contribution < -0.4 is 16.0 Å². The van der Waals surface area contributed by atoms with Crippen molar-refractivity contribution in [3.05, 3.63) is 47.4 Å². The third-order valence-corrected chi connectivity index (χ3v) is 3.75. The Morgan fingerprint density at radius 3 is 2.71 bits per heavy atom. The maximum Gasteiger partial charge on any atom is 0.263 e. The highest BCUT2D eigenvalue weighted by Crippen LogP contribution is 2.02. The van der Waals surface area contributed by atoms with Crippen LogP contribution in [0.2, 0.25) is 0 Å². The van der Waals surface area contributed by atoms with Gasteiger partial charge in [0.15, 0.2) is 0 Å². The number of hydrogen-bond donors (Lipinski definition) is 3. The zero-order chi connectivity index (χ0) is 17.2. The fraction of sp³-hybridized carbons (Fsp3) is 0.412. The van der Waals surface area contributed by atoms with Gasteiger partial charge in [-0.1, -0.05) is 12.1 Å². The van der Waals surface area contributed by atoms with Crippen molar-refractivity contribution < 1.29 is 9.18 Å². The maximum atomic E-state index is 12.8. The van der Waals surface area contributed by atoms with Gasteiger partial charge in [0.25, 0.3) is 5.91 Å². The summed E-state index contributed by atoms with van der Waals surface area (Å²) in [5.74, 6) is -0.685. The van der Waals surface area contributed by atoms with Gasteiger partial charge in [0.05, 0.1) is 0 Å². The molecule has 1 aliphatic rings. The number of halogens is 1. The van der Waals surface area contributed by atoms with Crippen LogP contribution in [0.15, 0.2) is 36.0 Å². The van der Waals surface area contributed by atoms with Crippen molar-refractivity contribution in [3.63, 3.8) is 0 Å². The Labute approximate surface area is 141 Å². The van der Waals surface area contributed by atoms with Crippen LogP contribution in [-0.2, 0) is 11.3 Å². The normalized spacial score (nSPS) is 15.6. The summed E-state index contributed by atoms with van der Waals surface area (Å²) in [4.78, 5) is 14.2. The van der Waals surface area contributed by atoms with Crippen LogP contribution in [0.3, 0.4) is 0 Å². The lowest BCUT2D eigenvalue weighted by atomic mass is 10.2. The summed E-state index contributed by atoms with van der Waals surface area (Å²) in [6.45, 7) is 5.56. The summed E-state index contributed by atoms with van der Waals surface area (Å²) in [5.41, 5.74) is 0.890. The van der Waals surface area contributed by atoms with Crippen LogP contribution in [0.4, 0.5) is 4.39 Å². The number of rotatable bonds is 7. The highest BCUT2D eigenvalue weighted by atomic mass is 19.1. The van der Waals surface area contributed by atoms with E-state index in [0.29, 0.717) is 13.1 Å². The average molecular weight is 331 g/mol. The summed E-state index contributed by atoms with van der Waals surface area (Å²) < 4.78 is 12.8. The fourth-order valence-corrected chi connectivity index (χ4v) is 2.38. The first-order chi connectivity index (χ1) is 11.7. The molecule has 0 aliphatic carbocycles. The Morgan fingerprint density at radius 2 is 2.04 bits per heavy atom. The molecule has 0 bridgehead atoms. The van der Waals surface area contributed by atoms with Gasteiger partial charge in [0.2, 0.25) is 0 Å². The van der Waals surface area contributed by atoms with Crippen LogP contribution in [0.25, 0.3) is 0 Å². The number of carbonyl (C=O) groups excluding carboxylic acids is 1. The topological polar surface area (TPSA) is 80.2 Å². The van der Waals surface area contributed by atoms with E-state index in [1.165, 1.54) is 18.3 Å². The van der Waals surface area contributed by atoms with E-state index >= 15 is 0 Å². The van der Waals surface area contributed by atoms with E-state index in [1.807, 2.05) is 6.07 Å². The largest absolute Gasteiger partial charge is 0.386 e. The first kappa shape index (κ1) is 17.9. The number of nitrogens with one attached hydrogen (secondary N) is 3. The molecule has 1 aliphatic heterocycles. The van der Waals surface area contributed by atoms with Gasteiger partial charge in [0, 0.05) is 52.0 Å². The van der Waals surface area contributed by atoms with E-state index in [2.05, 4.69) is 20.9 Å². The van der Waals surface area contributed by atoms with Crippen molar-refractivity contribution in [3.8, 4) is 6.07 Å². The highest BCUT2D eigenvalue weighted by molar-refractivity contribution is 5.97. The molecule has 0 spiro atoms. The fourth-order valence-electron chi connectivity index (χ4n) is 2.38. The molecular weight excluding hydrogens is 309 g/mol. The molecule has 1 saturated heterocycles. The van der Waals surface area contributed by atoms with Crippen molar-refractivity contribution in [2.45, 2.75) is 6.54 Å². The summed E-state index contributed by atoms with van der Waals surface area (Å²) in [7, 11) is 0. The smallest absolute Gasteiger partial charge is 0.263 e. The second-order valence-corrected chi connectivity index (χ2v) is 5.52. The molecule has 7 heteroatoms. The second-order valence-electron chi connectivity index (χ2n) is 5.52. The molecule has 3 N–H and O–H groups in total. The Morgan fingerprint density at radius 1 is 1.33 bits per heavy atom. The van der Waals surface area contributed by atoms with Crippen molar-refractivity contribution in [1.82, 2.24) is 20.9 Å². The predicted octanol–water partition coefficient (Wildman–Crippen LogP) is 0.344. The van der Waals surface area contributed by atoms with Crippen LogP contribution >= 0.6 is 0 Å². The van der Waals surface area contributed by atoms with Crippen LogP contribution in [0.5, 0.6) is 0 Å². The summed E-state index contributed by atoms with van der Waals surface area (Å²) in [5, 5.41) is 18.0. The van der Waals surface area contributed by atoms with Gasteiger partial charge < -0.3 is 16.0 Å². The molecule has 0 unspecified atom stereocenters. The van der Waals surface area contributed by atoms with Crippen molar-refractivity contribution in [1.29, 1.82) is 5.26 Å². The van der Waals surface area contributed by atoms with E-state index in [4.69, 9.17) is 5.26 Å². The molecule has 128 valence electrons. The number of amides is 1. The third-order valence-electron chi connectivity index (χ3n) is 3.75. The van der Waals surface area contributed by atoms with Crippen molar-refractivity contribution in [2.75, 3.05) is 39.3 Å². The summed E-state index contributed by atoms with van der Waals surface area (Å²) in [6, 6.07) is 7.93. The first-order valence-electron chi connectivity index (χ1n) is 7.98. The minimum absolute atomic E-state index is 0.0254. The van der Waals surface area contributed by atoms with E-state index in [-0.39, 0.29) is 17.3 Å². The third kappa shape index (κ3) is 5.99. The molecule has 1 heterocycles. The molecule has 1 fully saturated rings. The lowest BCUT2D eigenvalue weighted by Gasteiger charge is -2.27. The number of nitriles is 1. The predicted molar refractivity (Wildman–Crippen MR) is 89.3 cm³/mol. The molecular formula is C17H22FN5O. The molecule has 1 aromatic carbocycles. The van der Waals surface area contributed by atoms with E-state index in [9.17, 15) is 9.18 Å². The molecule has 1 amide bonds. The minimum Gasteiger partial charge on any atom is -0.386 e. The van der Waals surface area contributed by atoms with Gasteiger partial charge in [0.1, 0.15) is 17.5 Å². The van der Waals surface area contributed by atoms with Crippen LogP contribution in [0.1, 0.15) is 5.56 Å². The quantitative estimate of drug-likeness (QED) is 0.496. The van der Waals surface area contributed by atoms with Gasteiger partial charge >= 0.3 is 0 Å². The molecule has 0 aromatic heterocycles. The molecule has 24 heavy (non-hydrogen) atoms. The van der Waals surface area contributed by atoms with E-state index < -0.39 is 0 Å². The standard InChI is InChI=1S/C17H22FN5O/c18-16-3-1-14(2-4-16)12-21-13-15(11-19)17(24)22-7-10-23-8-5-20-6-9-23/h1-4,13,20-21H,5-10,12H2,(H,22,24)/b15-13-. The van der Waals surface area contributed by atoms with Crippen LogP contribution in [-0.4, -0.2) is 50.1 Å². The summed E-state index contributed by atoms with van der Waals surface area (Å²) in [6.07, 6.45) is 1.39. The highest BCUT2D eigenvalue weighted by Gasteiger charge is 2.11. The number of carbonyl (C=O) groups is 1. The van der Waals surface area contributed by atoms with Crippen LogP contribution in [0, 0.1) is 17.1 Å². The molecule has 2 rings (SSSR count). The lowest BCUT2D eigenvalue weighted by Crippen LogP contribution is -2.46. The van der Waals surface area contributed by atoms with Gasteiger partial charge in [-0.05, 0) is 17.7 Å². The Kier molecular flexibility index (Phi) is 7.21. The molecule has 0 radical (unpaired) electrons. The van der Waals surface area contributed by atoms with E-state index in [1.54, 1.807) is 12.1 Å². The zero-order valence-electron chi connectivity index (χ0n) is 13.5. The maximum absolute atomic E-state index is 12.8.